The van der Waals surface area contributed by atoms with E-state index < -0.39 is 18.3 Å². The molecular formula is C27H31NO4. The third-order valence-corrected chi connectivity index (χ3v) is 5.91. The molecule has 0 radical (unpaired) electrons. The maximum absolute atomic E-state index is 10.8. The Morgan fingerprint density at radius 2 is 1.25 bits per heavy atom. The van der Waals surface area contributed by atoms with Crippen molar-refractivity contribution >= 4 is 0 Å². The highest BCUT2D eigenvalue weighted by Crippen LogP contribution is 2.25. The van der Waals surface area contributed by atoms with Crippen LogP contribution in [0.5, 0.6) is 0 Å². The molecule has 1 aliphatic heterocycles. The van der Waals surface area contributed by atoms with Gasteiger partial charge in [0.1, 0.15) is 12.2 Å². The number of piperidine rings is 1. The molecular weight excluding hydrogens is 402 g/mol. The van der Waals surface area contributed by atoms with Gasteiger partial charge in [0.15, 0.2) is 0 Å². The van der Waals surface area contributed by atoms with Crippen molar-refractivity contribution in [1.82, 2.24) is 4.90 Å². The highest BCUT2D eigenvalue weighted by atomic mass is 16.5. The summed E-state index contributed by atoms with van der Waals surface area (Å²) < 4.78 is 12.3. The van der Waals surface area contributed by atoms with Gasteiger partial charge in [0.2, 0.25) is 0 Å². The summed E-state index contributed by atoms with van der Waals surface area (Å²) in [5.41, 5.74) is 3.27. The van der Waals surface area contributed by atoms with Crippen LogP contribution in [0.25, 0.3) is 0 Å². The molecule has 5 heteroatoms. The molecule has 0 spiro atoms. The van der Waals surface area contributed by atoms with Crippen LogP contribution in [0.2, 0.25) is 0 Å². The minimum absolute atomic E-state index is 0.193. The first-order valence-corrected chi connectivity index (χ1v) is 11.1. The van der Waals surface area contributed by atoms with Crippen LogP contribution in [0, 0.1) is 0 Å². The molecule has 1 fully saturated rings. The lowest BCUT2D eigenvalue weighted by Gasteiger charge is -2.45. The molecule has 1 aliphatic rings. The zero-order chi connectivity index (χ0) is 22.2. The van der Waals surface area contributed by atoms with Gasteiger partial charge in [-0.15, -0.1) is 0 Å². The molecule has 4 atom stereocenters. The maximum Gasteiger partial charge on any atom is 0.109 e. The SMILES string of the molecule is O[C@@H]1CN(Cc2ccccc2)C(COCc2ccccc2)C(OCc2ccccc2)[C@@H]1O. The summed E-state index contributed by atoms with van der Waals surface area (Å²) in [6, 6.07) is 29.9. The average molecular weight is 434 g/mol. The molecule has 1 heterocycles. The molecule has 168 valence electrons. The highest BCUT2D eigenvalue weighted by molar-refractivity contribution is 5.16. The minimum atomic E-state index is -0.976. The Balaban J connectivity index is 1.50. The predicted octanol–water partition coefficient (Wildman–Crippen LogP) is 3.39. The van der Waals surface area contributed by atoms with Gasteiger partial charge in [0.25, 0.3) is 0 Å². The highest BCUT2D eigenvalue weighted by Gasteiger charge is 2.43. The fraction of sp³-hybridized carbons (Fsp3) is 0.333. The second-order valence-corrected chi connectivity index (χ2v) is 8.30. The molecule has 1 saturated heterocycles. The number of rotatable bonds is 9. The fourth-order valence-corrected chi connectivity index (χ4v) is 4.19. The van der Waals surface area contributed by atoms with E-state index in [1.165, 1.54) is 0 Å². The second kappa shape index (κ2) is 11.4. The Morgan fingerprint density at radius 1 is 0.719 bits per heavy atom. The smallest absolute Gasteiger partial charge is 0.109 e. The maximum atomic E-state index is 10.8. The fourth-order valence-electron chi connectivity index (χ4n) is 4.19. The Hall–Kier alpha value is -2.54. The van der Waals surface area contributed by atoms with Crippen molar-refractivity contribution in [1.29, 1.82) is 0 Å². The number of likely N-dealkylation sites (tertiary alicyclic amines) is 1. The molecule has 3 aromatic carbocycles. The zero-order valence-electron chi connectivity index (χ0n) is 18.2. The van der Waals surface area contributed by atoms with E-state index in [4.69, 9.17) is 9.47 Å². The molecule has 0 amide bonds. The van der Waals surface area contributed by atoms with Crippen LogP contribution in [0.1, 0.15) is 16.7 Å². The number of β-amino-alcohol motifs (C(OH)–C–C–N with tert-alkyl or cyclic N) is 1. The minimum Gasteiger partial charge on any atom is -0.389 e. The van der Waals surface area contributed by atoms with Crippen molar-refractivity contribution < 1.29 is 19.7 Å². The van der Waals surface area contributed by atoms with Crippen LogP contribution in [-0.4, -0.2) is 52.6 Å². The van der Waals surface area contributed by atoms with E-state index >= 15 is 0 Å². The van der Waals surface area contributed by atoms with Gasteiger partial charge < -0.3 is 19.7 Å². The van der Waals surface area contributed by atoms with Crippen LogP contribution in [0.3, 0.4) is 0 Å². The van der Waals surface area contributed by atoms with Gasteiger partial charge in [-0.05, 0) is 16.7 Å². The van der Waals surface area contributed by atoms with Gasteiger partial charge >= 0.3 is 0 Å². The van der Waals surface area contributed by atoms with E-state index in [2.05, 4.69) is 17.0 Å². The summed E-state index contributed by atoms with van der Waals surface area (Å²) >= 11 is 0. The Kier molecular flexibility index (Phi) is 8.04. The predicted molar refractivity (Wildman–Crippen MR) is 124 cm³/mol. The van der Waals surface area contributed by atoms with Crippen molar-refractivity contribution in [3.63, 3.8) is 0 Å². The van der Waals surface area contributed by atoms with Crippen LogP contribution >= 0.6 is 0 Å². The van der Waals surface area contributed by atoms with Crippen molar-refractivity contribution in [3.05, 3.63) is 108 Å². The average Bonchev–Trinajstić information content (AvgIpc) is 2.83. The van der Waals surface area contributed by atoms with Crippen molar-refractivity contribution in [2.24, 2.45) is 0 Å². The molecule has 0 aliphatic carbocycles. The third kappa shape index (κ3) is 6.03. The van der Waals surface area contributed by atoms with E-state index in [9.17, 15) is 10.2 Å². The topological polar surface area (TPSA) is 62.2 Å². The van der Waals surface area contributed by atoms with E-state index in [-0.39, 0.29) is 6.04 Å². The zero-order valence-corrected chi connectivity index (χ0v) is 18.2. The molecule has 5 nitrogen and oxygen atoms in total. The van der Waals surface area contributed by atoms with E-state index in [0.717, 1.165) is 16.7 Å². The van der Waals surface area contributed by atoms with Gasteiger partial charge in [-0.3, -0.25) is 4.90 Å². The Morgan fingerprint density at radius 3 is 1.84 bits per heavy atom. The summed E-state index contributed by atoms with van der Waals surface area (Å²) in [4.78, 5) is 2.16. The van der Waals surface area contributed by atoms with E-state index in [1.807, 2.05) is 78.9 Å². The number of aliphatic hydroxyl groups is 2. The number of hydrogen-bond acceptors (Lipinski definition) is 5. The number of benzene rings is 3. The van der Waals surface area contributed by atoms with Crippen molar-refractivity contribution in [3.8, 4) is 0 Å². The van der Waals surface area contributed by atoms with E-state index in [0.29, 0.717) is 32.9 Å². The summed E-state index contributed by atoms with van der Waals surface area (Å²) in [6.45, 7) is 2.25. The van der Waals surface area contributed by atoms with Crippen molar-refractivity contribution in [2.45, 2.75) is 44.1 Å². The lowest BCUT2D eigenvalue weighted by molar-refractivity contribution is -0.177. The van der Waals surface area contributed by atoms with Crippen LogP contribution in [-0.2, 0) is 29.2 Å². The third-order valence-electron chi connectivity index (χ3n) is 5.91. The van der Waals surface area contributed by atoms with Crippen LogP contribution in [0.15, 0.2) is 91.0 Å². The number of hydrogen-bond donors (Lipinski definition) is 2. The molecule has 3 aromatic rings. The van der Waals surface area contributed by atoms with Crippen LogP contribution < -0.4 is 0 Å². The van der Waals surface area contributed by atoms with Gasteiger partial charge in [-0.25, -0.2) is 0 Å². The van der Waals surface area contributed by atoms with E-state index in [1.54, 1.807) is 0 Å². The van der Waals surface area contributed by atoms with Gasteiger partial charge in [-0.1, -0.05) is 91.0 Å². The standard InChI is InChI=1S/C27H31NO4/c29-25-17-28(16-21-10-4-1-5-11-21)24(20-31-18-22-12-6-2-7-13-22)27(26(25)30)32-19-23-14-8-3-9-15-23/h1-15,24-27,29-30H,16-20H2/t24?,25-,26-,27?/m1/s1. The molecule has 0 aromatic heterocycles. The lowest BCUT2D eigenvalue weighted by Crippen LogP contribution is -2.63. The first-order chi connectivity index (χ1) is 15.7. The largest absolute Gasteiger partial charge is 0.389 e. The quantitative estimate of drug-likeness (QED) is 0.542. The molecule has 0 bridgehead atoms. The number of aliphatic hydroxyl groups excluding tert-OH is 2. The number of nitrogens with zero attached hydrogens (tertiary/aromatic N) is 1. The second-order valence-electron chi connectivity index (χ2n) is 8.30. The monoisotopic (exact) mass is 433 g/mol. The van der Waals surface area contributed by atoms with Gasteiger partial charge in [0, 0.05) is 13.1 Å². The molecule has 4 rings (SSSR count). The summed E-state index contributed by atoms with van der Waals surface area (Å²) in [5, 5.41) is 21.4. The summed E-state index contributed by atoms with van der Waals surface area (Å²) in [7, 11) is 0. The summed E-state index contributed by atoms with van der Waals surface area (Å²) in [5.74, 6) is 0. The molecule has 2 N–H and O–H groups in total. The first-order valence-electron chi connectivity index (χ1n) is 11.1. The Bertz CT molecular complexity index is 922. The van der Waals surface area contributed by atoms with Gasteiger partial charge in [0.05, 0.1) is 32.0 Å². The Labute approximate surface area is 189 Å². The lowest BCUT2D eigenvalue weighted by atomic mass is 9.93. The normalized spacial score (nSPS) is 23.8. The number of ether oxygens (including phenoxy) is 2. The molecule has 0 saturated carbocycles. The van der Waals surface area contributed by atoms with Crippen LogP contribution in [0.4, 0.5) is 0 Å². The first kappa shape index (κ1) is 22.6. The molecule has 2 unspecified atom stereocenters. The molecule has 32 heavy (non-hydrogen) atoms. The summed E-state index contributed by atoms with van der Waals surface area (Å²) in [6.07, 6.45) is -2.43. The van der Waals surface area contributed by atoms with Gasteiger partial charge in [-0.2, -0.15) is 0 Å². The van der Waals surface area contributed by atoms with Crippen molar-refractivity contribution in [2.75, 3.05) is 13.2 Å².